The monoisotopic (exact) mass is 730 g/mol. The van der Waals surface area contributed by atoms with E-state index in [0.717, 1.165) is 50.7 Å². The molecule has 0 atom stereocenters. The van der Waals surface area contributed by atoms with Gasteiger partial charge in [0.1, 0.15) is 0 Å². The van der Waals surface area contributed by atoms with Crippen LogP contribution < -0.4 is 4.90 Å². The molecule has 0 unspecified atom stereocenters. The molecule has 4 heterocycles. The van der Waals surface area contributed by atoms with Crippen molar-refractivity contribution in [3.63, 3.8) is 0 Å². The number of hydrogen-bond acceptors (Lipinski definition) is 3. The van der Waals surface area contributed by atoms with Gasteiger partial charge in [-0.2, -0.15) is 0 Å². The normalized spacial score (nSPS) is 12.9. The molecule has 0 bridgehead atoms. The summed E-state index contributed by atoms with van der Waals surface area (Å²) in [6.07, 6.45) is 3.72. The lowest BCUT2D eigenvalue weighted by atomic mass is 9.73. The molecule has 0 saturated carbocycles. The summed E-state index contributed by atoms with van der Waals surface area (Å²) >= 11 is 0. The van der Waals surface area contributed by atoms with Crippen LogP contribution in [0.2, 0.25) is 0 Å². The highest BCUT2D eigenvalue weighted by Gasteiger charge is 2.37. The topological polar surface area (TPSA) is 34.0 Å². The van der Waals surface area contributed by atoms with E-state index in [9.17, 15) is 0 Å². The highest BCUT2D eigenvalue weighted by molar-refractivity contribution is 6.23. The predicted octanol–water partition coefficient (Wildman–Crippen LogP) is 13.8. The van der Waals surface area contributed by atoms with E-state index in [1.165, 1.54) is 49.4 Å². The first-order chi connectivity index (χ1) is 28.0. The quantitative estimate of drug-likeness (QED) is 0.171. The fourth-order valence-corrected chi connectivity index (χ4v) is 9.07. The number of benzene rings is 7. The van der Waals surface area contributed by atoms with Gasteiger partial charge in [0, 0.05) is 56.8 Å². The van der Waals surface area contributed by atoms with Crippen molar-refractivity contribution in [2.45, 2.75) is 19.3 Å². The number of para-hydroxylation sites is 2. The summed E-state index contributed by atoms with van der Waals surface area (Å²) in [6.45, 7) is 4.79. The van der Waals surface area contributed by atoms with Crippen LogP contribution in [-0.4, -0.2) is 14.5 Å². The summed E-state index contributed by atoms with van der Waals surface area (Å²) in [6, 6.07) is 65.7. The van der Waals surface area contributed by atoms with Crippen molar-refractivity contribution in [2.24, 2.45) is 0 Å². The third-order valence-electron chi connectivity index (χ3n) is 11.8. The SMILES string of the molecule is CC1(C)c2cc(-c3cc(-c4ccccn4)cc(-c4ccccn4)c3)ccc2-n2c3ccc4ccccc4c3c3cc(N(c4ccccc4)c4ccccc4)cc1c32. The first-order valence-corrected chi connectivity index (χ1v) is 19.6. The first-order valence-electron chi connectivity index (χ1n) is 19.6. The lowest BCUT2D eigenvalue weighted by Crippen LogP contribution is -2.27. The number of anilines is 3. The standard InChI is InChI=1S/C53H38N4/c1-53(2)45-32-36(37-29-38(47-21-11-13-27-54-47)31-39(30-37)48-22-12-14-28-55-48)24-25-49(45)57-50-26-23-35-15-9-10-20-43(35)51(50)44-33-42(34-46(53)52(44)57)56(40-16-5-3-6-17-40)41-18-7-4-8-19-41/h3-34H,1-2H3. The zero-order chi connectivity index (χ0) is 38.1. The molecule has 0 amide bonds. The van der Waals surface area contributed by atoms with Crippen LogP contribution in [0.15, 0.2) is 194 Å². The van der Waals surface area contributed by atoms with Gasteiger partial charge in [0.25, 0.3) is 0 Å². The second-order valence-electron chi connectivity index (χ2n) is 15.5. The van der Waals surface area contributed by atoms with Crippen LogP contribution in [0.4, 0.5) is 17.1 Å². The van der Waals surface area contributed by atoms with Crippen LogP contribution >= 0.6 is 0 Å². The van der Waals surface area contributed by atoms with Gasteiger partial charge in [0.05, 0.1) is 28.1 Å². The van der Waals surface area contributed by atoms with Gasteiger partial charge in [-0.25, -0.2) is 0 Å². The van der Waals surface area contributed by atoms with Crippen molar-refractivity contribution in [3.8, 4) is 39.3 Å². The van der Waals surface area contributed by atoms with Gasteiger partial charge in [-0.1, -0.05) is 98.8 Å². The second-order valence-corrected chi connectivity index (χ2v) is 15.5. The smallest absolute Gasteiger partial charge is 0.0702 e. The second kappa shape index (κ2) is 12.9. The Bertz CT molecular complexity index is 3030. The Kier molecular flexibility index (Phi) is 7.48. The lowest BCUT2D eigenvalue weighted by Gasteiger charge is -2.36. The molecule has 4 nitrogen and oxygen atoms in total. The Morgan fingerprint density at radius 2 is 1.07 bits per heavy atom. The van der Waals surface area contributed by atoms with Crippen molar-refractivity contribution in [2.75, 3.05) is 4.90 Å². The van der Waals surface area contributed by atoms with E-state index in [-0.39, 0.29) is 5.41 Å². The van der Waals surface area contributed by atoms with Gasteiger partial charge in [0.2, 0.25) is 0 Å². The molecule has 1 aliphatic rings. The van der Waals surface area contributed by atoms with Crippen molar-refractivity contribution >= 4 is 49.6 Å². The largest absolute Gasteiger partial charge is 0.310 e. The van der Waals surface area contributed by atoms with Crippen LogP contribution in [-0.2, 0) is 5.41 Å². The van der Waals surface area contributed by atoms with E-state index in [4.69, 9.17) is 9.97 Å². The highest BCUT2D eigenvalue weighted by atomic mass is 15.1. The van der Waals surface area contributed by atoms with Crippen LogP contribution in [0.1, 0.15) is 25.0 Å². The molecular formula is C53H38N4. The van der Waals surface area contributed by atoms with Crippen LogP contribution in [0.25, 0.3) is 71.9 Å². The summed E-state index contributed by atoms with van der Waals surface area (Å²) < 4.78 is 2.53. The van der Waals surface area contributed by atoms with E-state index >= 15 is 0 Å². The Labute approximate surface area is 332 Å². The maximum atomic E-state index is 4.74. The summed E-state index contributed by atoms with van der Waals surface area (Å²) in [7, 11) is 0. The Morgan fingerprint density at radius 3 is 1.72 bits per heavy atom. The molecule has 11 rings (SSSR count). The van der Waals surface area contributed by atoms with Crippen molar-refractivity contribution in [3.05, 3.63) is 206 Å². The molecule has 57 heavy (non-hydrogen) atoms. The molecule has 0 fully saturated rings. The number of rotatable bonds is 6. The minimum absolute atomic E-state index is 0.346. The van der Waals surface area contributed by atoms with Gasteiger partial charge in [-0.15, -0.1) is 0 Å². The lowest BCUT2D eigenvalue weighted by molar-refractivity contribution is 0.630. The Hall–Kier alpha value is -7.30. The van der Waals surface area contributed by atoms with Crippen LogP contribution in [0.3, 0.4) is 0 Å². The number of hydrogen-bond donors (Lipinski definition) is 0. The van der Waals surface area contributed by atoms with E-state index in [2.05, 4.69) is 181 Å². The van der Waals surface area contributed by atoms with Crippen molar-refractivity contribution < 1.29 is 0 Å². The minimum atomic E-state index is -0.346. The molecule has 0 spiro atoms. The van der Waals surface area contributed by atoms with Crippen LogP contribution in [0, 0.1) is 0 Å². The van der Waals surface area contributed by atoms with Gasteiger partial charge in [0.15, 0.2) is 0 Å². The van der Waals surface area contributed by atoms with E-state index in [0.29, 0.717) is 0 Å². The third-order valence-corrected chi connectivity index (χ3v) is 11.8. The molecule has 3 aromatic heterocycles. The Morgan fingerprint density at radius 1 is 0.456 bits per heavy atom. The number of aromatic nitrogens is 3. The summed E-state index contributed by atoms with van der Waals surface area (Å²) in [5.41, 5.74) is 15.6. The molecule has 10 aromatic rings. The molecule has 7 aromatic carbocycles. The molecule has 0 N–H and O–H groups in total. The predicted molar refractivity (Wildman–Crippen MR) is 237 cm³/mol. The average Bonchev–Trinajstić information content (AvgIpc) is 3.61. The molecular weight excluding hydrogens is 693 g/mol. The summed E-state index contributed by atoms with van der Waals surface area (Å²) in [5, 5.41) is 5.05. The summed E-state index contributed by atoms with van der Waals surface area (Å²) in [4.78, 5) is 11.9. The number of fused-ring (bicyclic) bond motifs is 7. The number of nitrogens with zero attached hydrogens (tertiary/aromatic N) is 4. The fourth-order valence-electron chi connectivity index (χ4n) is 9.07. The van der Waals surface area contributed by atoms with E-state index in [1.54, 1.807) is 0 Å². The van der Waals surface area contributed by atoms with Gasteiger partial charge in [-0.05, 0) is 130 Å². The minimum Gasteiger partial charge on any atom is -0.310 e. The zero-order valence-corrected chi connectivity index (χ0v) is 31.8. The maximum Gasteiger partial charge on any atom is 0.0702 e. The molecule has 0 saturated heterocycles. The van der Waals surface area contributed by atoms with Crippen LogP contribution in [0.5, 0.6) is 0 Å². The maximum absolute atomic E-state index is 4.74. The zero-order valence-electron chi connectivity index (χ0n) is 31.8. The van der Waals surface area contributed by atoms with Gasteiger partial charge >= 0.3 is 0 Å². The molecule has 0 aliphatic carbocycles. The molecule has 0 radical (unpaired) electrons. The first kappa shape index (κ1) is 33.1. The summed E-state index contributed by atoms with van der Waals surface area (Å²) in [5.74, 6) is 0. The highest BCUT2D eigenvalue weighted by Crippen LogP contribution is 2.52. The van der Waals surface area contributed by atoms with E-state index < -0.39 is 0 Å². The molecule has 270 valence electrons. The van der Waals surface area contributed by atoms with Gasteiger partial charge in [-0.3, -0.25) is 9.97 Å². The fraction of sp³-hybridized carbons (Fsp3) is 0.0566. The third kappa shape index (κ3) is 5.29. The van der Waals surface area contributed by atoms with Crippen molar-refractivity contribution in [1.82, 2.24) is 14.5 Å². The number of pyridine rings is 2. The molecule has 4 heteroatoms. The van der Waals surface area contributed by atoms with E-state index in [1.807, 2.05) is 36.7 Å². The van der Waals surface area contributed by atoms with Gasteiger partial charge < -0.3 is 9.47 Å². The Balaban J connectivity index is 1.19. The molecule has 1 aliphatic heterocycles. The van der Waals surface area contributed by atoms with Crippen molar-refractivity contribution in [1.29, 1.82) is 0 Å². The average molecular weight is 731 g/mol.